The molecule has 2 N–H and O–H groups in total. The minimum absolute atomic E-state index is 0.0508. The number of hydrogen-bond donors (Lipinski definition) is 2. The Kier molecular flexibility index (Phi) is 6.36. The SMILES string of the molecule is C[C@@H](CCc1ccccc1)NC(=O)C(=O)NCc1ccccc1. The van der Waals surface area contributed by atoms with Gasteiger partial charge in [-0.05, 0) is 30.9 Å². The molecule has 2 amide bonds. The molecular weight excluding hydrogens is 288 g/mol. The van der Waals surface area contributed by atoms with Crippen molar-refractivity contribution in [3.05, 3.63) is 71.8 Å². The summed E-state index contributed by atoms with van der Waals surface area (Å²) in [7, 11) is 0. The van der Waals surface area contributed by atoms with Crippen LogP contribution >= 0.6 is 0 Å². The molecule has 2 rings (SSSR count). The Morgan fingerprint density at radius 3 is 2.04 bits per heavy atom. The summed E-state index contributed by atoms with van der Waals surface area (Å²) in [6, 6.07) is 19.5. The van der Waals surface area contributed by atoms with E-state index in [9.17, 15) is 9.59 Å². The van der Waals surface area contributed by atoms with E-state index >= 15 is 0 Å². The molecule has 0 fully saturated rings. The summed E-state index contributed by atoms with van der Waals surface area (Å²) in [5.41, 5.74) is 2.19. The zero-order valence-electron chi connectivity index (χ0n) is 13.3. The van der Waals surface area contributed by atoms with Crippen molar-refractivity contribution in [1.82, 2.24) is 10.6 Å². The maximum absolute atomic E-state index is 11.9. The standard InChI is InChI=1S/C19H22N2O2/c1-15(12-13-16-8-4-2-5-9-16)21-19(23)18(22)20-14-17-10-6-3-7-11-17/h2-11,15H,12-14H2,1H3,(H,20,22)(H,21,23)/t15-/m0/s1. The first-order valence-electron chi connectivity index (χ1n) is 7.81. The van der Waals surface area contributed by atoms with Crippen molar-refractivity contribution in [2.45, 2.75) is 32.4 Å². The van der Waals surface area contributed by atoms with Gasteiger partial charge in [0.05, 0.1) is 0 Å². The van der Waals surface area contributed by atoms with E-state index in [1.807, 2.05) is 55.5 Å². The van der Waals surface area contributed by atoms with Crippen LogP contribution in [-0.2, 0) is 22.6 Å². The van der Waals surface area contributed by atoms with Gasteiger partial charge in [-0.3, -0.25) is 9.59 Å². The number of hydrogen-bond acceptors (Lipinski definition) is 2. The van der Waals surface area contributed by atoms with Crippen LogP contribution in [0, 0.1) is 0 Å². The van der Waals surface area contributed by atoms with Gasteiger partial charge >= 0.3 is 11.8 Å². The lowest BCUT2D eigenvalue weighted by molar-refractivity contribution is -0.139. The molecule has 0 bridgehead atoms. The van der Waals surface area contributed by atoms with Crippen molar-refractivity contribution in [1.29, 1.82) is 0 Å². The third-order valence-electron chi connectivity index (χ3n) is 3.59. The molecule has 0 aliphatic rings. The Bertz CT molecular complexity index is 626. The highest BCUT2D eigenvalue weighted by Crippen LogP contribution is 2.04. The average molecular weight is 310 g/mol. The minimum atomic E-state index is -0.597. The number of carbonyl (C=O) groups excluding carboxylic acids is 2. The molecule has 2 aromatic carbocycles. The Morgan fingerprint density at radius 2 is 1.43 bits per heavy atom. The first-order chi connectivity index (χ1) is 11.1. The summed E-state index contributed by atoms with van der Waals surface area (Å²) in [4.78, 5) is 23.7. The molecule has 4 heteroatoms. The van der Waals surface area contributed by atoms with Crippen LogP contribution in [0.25, 0.3) is 0 Å². The Labute approximate surface area is 136 Å². The van der Waals surface area contributed by atoms with Gasteiger partial charge < -0.3 is 10.6 Å². The molecule has 0 saturated heterocycles. The zero-order chi connectivity index (χ0) is 16.5. The van der Waals surface area contributed by atoms with Crippen LogP contribution in [0.15, 0.2) is 60.7 Å². The van der Waals surface area contributed by atoms with E-state index in [-0.39, 0.29) is 6.04 Å². The second kappa shape index (κ2) is 8.73. The summed E-state index contributed by atoms with van der Waals surface area (Å²) < 4.78 is 0. The lowest BCUT2D eigenvalue weighted by atomic mass is 10.1. The Balaban J connectivity index is 1.71. The van der Waals surface area contributed by atoms with Crippen molar-refractivity contribution in [2.24, 2.45) is 0 Å². The van der Waals surface area contributed by atoms with Gasteiger partial charge in [0.15, 0.2) is 0 Å². The highest BCUT2D eigenvalue weighted by atomic mass is 16.2. The van der Waals surface area contributed by atoms with Crippen LogP contribution < -0.4 is 10.6 Å². The molecular formula is C19H22N2O2. The number of benzene rings is 2. The second-order valence-electron chi connectivity index (χ2n) is 5.57. The number of aryl methyl sites for hydroxylation is 1. The molecule has 0 saturated carbocycles. The van der Waals surface area contributed by atoms with Crippen LogP contribution in [0.3, 0.4) is 0 Å². The van der Waals surface area contributed by atoms with Crippen LogP contribution in [0.4, 0.5) is 0 Å². The predicted octanol–water partition coefficient (Wildman–Crippen LogP) is 2.44. The maximum atomic E-state index is 11.9. The molecule has 0 unspecified atom stereocenters. The van der Waals surface area contributed by atoms with E-state index in [1.165, 1.54) is 5.56 Å². The maximum Gasteiger partial charge on any atom is 0.309 e. The minimum Gasteiger partial charge on any atom is -0.345 e. The molecule has 0 aliphatic heterocycles. The predicted molar refractivity (Wildman–Crippen MR) is 90.7 cm³/mol. The van der Waals surface area contributed by atoms with Crippen molar-refractivity contribution >= 4 is 11.8 Å². The second-order valence-corrected chi connectivity index (χ2v) is 5.57. The van der Waals surface area contributed by atoms with Gasteiger partial charge in [-0.25, -0.2) is 0 Å². The van der Waals surface area contributed by atoms with E-state index < -0.39 is 11.8 Å². The first kappa shape index (κ1) is 16.7. The zero-order valence-corrected chi connectivity index (χ0v) is 13.3. The van der Waals surface area contributed by atoms with Crippen molar-refractivity contribution in [3.63, 3.8) is 0 Å². The highest BCUT2D eigenvalue weighted by molar-refractivity contribution is 6.35. The molecule has 0 radical (unpaired) electrons. The highest BCUT2D eigenvalue weighted by Gasteiger charge is 2.15. The van der Waals surface area contributed by atoms with Crippen LogP contribution in [-0.4, -0.2) is 17.9 Å². The van der Waals surface area contributed by atoms with Gasteiger partial charge in [0, 0.05) is 12.6 Å². The van der Waals surface area contributed by atoms with Crippen molar-refractivity contribution in [3.8, 4) is 0 Å². The van der Waals surface area contributed by atoms with Gasteiger partial charge in [0.25, 0.3) is 0 Å². The molecule has 2 aromatic rings. The van der Waals surface area contributed by atoms with Gasteiger partial charge in [-0.1, -0.05) is 60.7 Å². The summed E-state index contributed by atoms with van der Waals surface area (Å²) >= 11 is 0. The molecule has 0 aromatic heterocycles. The fourth-order valence-corrected chi connectivity index (χ4v) is 2.25. The number of nitrogens with one attached hydrogen (secondary N) is 2. The molecule has 0 aliphatic carbocycles. The van der Waals surface area contributed by atoms with Gasteiger partial charge in [0.1, 0.15) is 0 Å². The molecule has 120 valence electrons. The van der Waals surface area contributed by atoms with E-state index in [1.54, 1.807) is 0 Å². The van der Waals surface area contributed by atoms with E-state index in [0.29, 0.717) is 6.54 Å². The van der Waals surface area contributed by atoms with Crippen LogP contribution in [0.2, 0.25) is 0 Å². The fourth-order valence-electron chi connectivity index (χ4n) is 2.25. The number of carbonyl (C=O) groups is 2. The van der Waals surface area contributed by atoms with Gasteiger partial charge in [-0.15, -0.1) is 0 Å². The number of rotatable bonds is 6. The summed E-state index contributed by atoms with van der Waals surface area (Å²) in [5, 5.41) is 5.36. The van der Waals surface area contributed by atoms with Gasteiger partial charge in [0.2, 0.25) is 0 Å². The van der Waals surface area contributed by atoms with E-state index in [0.717, 1.165) is 18.4 Å². The molecule has 4 nitrogen and oxygen atoms in total. The molecule has 0 spiro atoms. The third-order valence-corrected chi connectivity index (χ3v) is 3.59. The lowest BCUT2D eigenvalue weighted by Gasteiger charge is -2.13. The summed E-state index contributed by atoms with van der Waals surface area (Å²) in [5.74, 6) is -1.18. The molecule has 23 heavy (non-hydrogen) atoms. The van der Waals surface area contributed by atoms with Gasteiger partial charge in [-0.2, -0.15) is 0 Å². The summed E-state index contributed by atoms with van der Waals surface area (Å²) in [6.07, 6.45) is 1.66. The smallest absolute Gasteiger partial charge is 0.309 e. The normalized spacial score (nSPS) is 11.5. The largest absolute Gasteiger partial charge is 0.345 e. The monoisotopic (exact) mass is 310 g/mol. The van der Waals surface area contributed by atoms with Crippen molar-refractivity contribution in [2.75, 3.05) is 0 Å². The Morgan fingerprint density at radius 1 is 0.870 bits per heavy atom. The lowest BCUT2D eigenvalue weighted by Crippen LogP contribution is -2.43. The van der Waals surface area contributed by atoms with Crippen molar-refractivity contribution < 1.29 is 9.59 Å². The average Bonchev–Trinajstić information content (AvgIpc) is 2.59. The molecule has 0 heterocycles. The molecule has 1 atom stereocenters. The van der Waals surface area contributed by atoms with Crippen LogP contribution in [0.5, 0.6) is 0 Å². The quantitative estimate of drug-likeness (QED) is 0.805. The van der Waals surface area contributed by atoms with Crippen LogP contribution in [0.1, 0.15) is 24.5 Å². The Hall–Kier alpha value is -2.62. The fraction of sp³-hybridized carbons (Fsp3) is 0.263. The summed E-state index contributed by atoms with van der Waals surface area (Å²) in [6.45, 7) is 2.26. The topological polar surface area (TPSA) is 58.2 Å². The van der Waals surface area contributed by atoms with E-state index in [4.69, 9.17) is 0 Å². The first-order valence-corrected chi connectivity index (χ1v) is 7.81. The third kappa shape index (κ3) is 5.94. The number of amides is 2. The van der Waals surface area contributed by atoms with E-state index in [2.05, 4.69) is 22.8 Å².